The molecule has 1 aromatic carbocycles. The van der Waals surface area contributed by atoms with Crippen LogP contribution in [0.15, 0.2) is 30.3 Å². The van der Waals surface area contributed by atoms with Gasteiger partial charge in [0.15, 0.2) is 0 Å². The van der Waals surface area contributed by atoms with Gasteiger partial charge in [-0.15, -0.1) is 0 Å². The minimum atomic E-state index is -1.75. The lowest BCUT2D eigenvalue weighted by atomic mass is 10.2. The number of hydrogen-bond acceptors (Lipinski definition) is 4. The Morgan fingerprint density at radius 3 is 2.11 bits per heavy atom. The van der Waals surface area contributed by atoms with Crippen LogP contribution >= 0.6 is 34.8 Å². The Morgan fingerprint density at radius 1 is 1.00 bits per heavy atom. The maximum atomic E-state index is 11.2. The molecular formula is C11H9Cl3O4. The van der Waals surface area contributed by atoms with Gasteiger partial charge in [-0.2, -0.15) is 0 Å². The van der Waals surface area contributed by atoms with Crippen molar-refractivity contribution in [3.63, 3.8) is 0 Å². The first-order valence-electron chi connectivity index (χ1n) is 4.83. The molecule has 0 heterocycles. The van der Waals surface area contributed by atoms with E-state index in [9.17, 15) is 9.59 Å². The first-order valence-corrected chi connectivity index (χ1v) is 5.96. The van der Waals surface area contributed by atoms with E-state index in [0.717, 1.165) is 5.56 Å². The van der Waals surface area contributed by atoms with Crippen LogP contribution in [-0.4, -0.2) is 22.3 Å². The summed E-state index contributed by atoms with van der Waals surface area (Å²) in [6, 6.07) is 8.88. The highest BCUT2D eigenvalue weighted by molar-refractivity contribution is 6.67. The van der Waals surface area contributed by atoms with Crippen molar-refractivity contribution < 1.29 is 19.1 Å². The standard InChI is InChI=1S/C11H9Cl3O4/c12-11(13,14)7-18-10(16)9(15)17-6-8-4-2-1-3-5-8/h1-5H,6-7H2. The zero-order valence-corrected chi connectivity index (χ0v) is 11.3. The molecule has 0 aliphatic carbocycles. The summed E-state index contributed by atoms with van der Waals surface area (Å²) < 4.78 is 7.41. The smallest absolute Gasteiger partial charge is 0.417 e. The molecule has 0 amide bonds. The number of rotatable bonds is 3. The lowest BCUT2D eigenvalue weighted by molar-refractivity contribution is -0.168. The molecule has 0 bridgehead atoms. The zero-order chi connectivity index (χ0) is 13.6. The molecule has 0 aliphatic heterocycles. The summed E-state index contributed by atoms with van der Waals surface area (Å²) in [7, 11) is 0. The summed E-state index contributed by atoms with van der Waals surface area (Å²) in [4.78, 5) is 22.3. The van der Waals surface area contributed by atoms with Crippen molar-refractivity contribution in [1.29, 1.82) is 0 Å². The Bertz CT molecular complexity index is 414. The summed E-state index contributed by atoms with van der Waals surface area (Å²) in [5, 5.41) is 0. The molecule has 0 fully saturated rings. The second-order valence-corrected chi connectivity index (χ2v) is 5.77. The van der Waals surface area contributed by atoms with Gasteiger partial charge in [0.2, 0.25) is 3.79 Å². The first-order chi connectivity index (χ1) is 8.38. The van der Waals surface area contributed by atoms with E-state index in [2.05, 4.69) is 4.74 Å². The maximum Gasteiger partial charge on any atom is 0.417 e. The number of halogens is 3. The number of esters is 2. The fourth-order valence-corrected chi connectivity index (χ4v) is 1.15. The van der Waals surface area contributed by atoms with Crippen molar-refractivity contribution in [2.75, 3.05) is 6.61 Å². The van der Waals surface area contributed by atoms with Gasteiger partial charge in [0.25, 0.3) is 0 Å². The third kappa shape index (κ3) is 6.10. The molecule has 0 atom stereocenters. The average molecular weight is 312 g/mol. The molecule has 98 valence electrons. The van der Waals surface area contributed by atoms with E-state index in [1.54, 1.807) is 24.3 Å². The molecule has 0 N–H and O–H groups in total. The van der Waals surface area contributed by atoms with Gasteiger partial charge >= 0.3 is 11.9 Å². The topological polar surface area (TPSA) is 52.6 Å². The number of benzene rings is 1. The molecule has 0 spiro atoms. The van der Waals surface area contributed by atoms with Crippen molar-refractivity contribution in [1.82, 2.24) is 0 Å². The maximum absolute atomic E-state index is 11.2. The van der Waals surface area contributed by atoms with Gasteiger partial charge in [-0.1, -0.05) is 65.1 Å². The second kappa shape index (κ2) is 6.83. The highest BCUT2D eigenvalue weighted by atomic mass is 35.6. The van der Waals surface area contributed by atoms with Crippen LogP contribution in [0.25, 0.3) is 0 Å². The van der Waals surface area contributed by atoms with E-state index in [0.29, 0.717) is 0 Å². The Balaban J connectivity index is 2.35. The third-order valence-electron chi connectivity index (χ3n) is 1.75. The van der Waals surface area contributed by atoms with Crippen LogP contribution in [0.1, 0.15) is 5.56 Å². The van der Waals surface area contributed by atoms with Crippen molar-refractivity contribution in [3.05, 3.63) is 35.9 Å². The van der Waals surface area contributed by atoms with E-state index < -0.39 is 22.3 Å². The Morgan fingerprint density at radius 2 is 1.56 bits per heavy atom. The summed E-state index contributed by atoms with van der Waals surface area (Å²) >= 11 is 16.1. The lowest BCUT2D eigenvalue weighted by Crippen LogP contribution is -2.24. The number of carbonyl (C=O) groups is 2. The molecule has 7 heteroatoms. The first kappa shape index (κ1) is 15.1. The number of alkyl halides is 3. The van der Waals surface area contributed by atoms with E-state index in [4.69, 9.17) is 39.5 Å². The van der Waals surface area contributed by atoms with Gasteiger partial charge in [-0.25, -0.2) is 9.59 Å². The number of ether oxygens (including phenoxy) is 2. The van der Waals surface area contributed by atoms with Gasteiger partial charge in [-0.05, 0) is 5.56 Å². The van der Waals surface area contributed by atoms with Crippen molar-refractivity contribution >= 4 is 46.7 Å². The minimum Gasteiger partial charge on any atom is -0.453 e. The van der Waals surface area contributed by atoms with Crippen LogP contribution in [0.4, 0.5) is 0 Å². The predicted octanol–water partition coefficient (Wildman–Crippen LogP) is 2.64. The number of carbonyl (C=O) groups excluding carboxylic acids is 2. The third-order valence-corrected chi connectivity index (χ3v) is 2.07. The quantitative estimate of drug-likeness (QED) is 0.489. The predicted molar refractivity (Wildman–Crippen MR) is 67.5 cm³/mol. The van der Waals surface area contributed by atoms with Crippen LogP contribution in [0, 0.1) is 0 Å². The fraction of sp³-hybridized carbons (Fsp3) is 0.273. The second-order valence-electron chi connectivity index (χ2n) is 3.25. The van der Waals surface area contributed by atoms with E-state index in [1.165, 1.54) is 0 Å². The molecular weight excluding hydrogens is 302 g/mol. The molecule has 0 saturated heterocycles. The minimum absolute atomic E-state index is 0.0253. The monoisotopic (exact) mass is 310 g/mol. The Kier molecular flexibility index (Phi) is 5.72. The number of hydrogen-bond donors (Lipinski definition) is 0. The van der Waals surface area contributed by atoms with E-state index in [-0.39, 0.29) is 6.61 Å². The van der Waals surface area contributed by atoms with Crippen LogP contribution in [0.2, 0.25) is 0 Å². The molecule has 0 radical (unpaired) electrons. The molecule has 0 aliphatic rings. The average Bonchev–Trinajstić information content (AvgIpc) is 2.33. The largest absolute Gasteiger partial charge is 0.453 e. The highest BCUT2D eigenvalue weighted by Gasteiger charge is 2.25. The van der Waals surface area contributed by atoms with Crippen LogP contribution in [-0.2, 0) is 25.7 Å². The summed E-state index contributed by atoms with van der Waals surface area (Å²) in [5.74, 6) is -2.33. The summed E-state index contributed by atoms with van der Waals surface area (Å²) in [5.41, 5.74) is 0.750. The van der Waals surface area contributed by atoms with Gasteiger partial charge in [0, 0.05) is 0 Å². The van der Waals surface area contributed by atoms with Gasteiger partial charge in [-0.3, -0.25) is 0 Å². The lowest BCUT2D eigenvalue weighted by Gasteiger charge is -2.10. The fourth-order valence-electron chi connectivity index (χ4n) is 0.988. The SMILES string of the molecule is O=C(OCc1ccccc1)C(=O)OCC(Cl)(Cl)Cl. The van der Waals surface area contributed by atoms with Crippen LogP contribution in [0.3, 0.4) is 0 Å². The molecule has 4 nitrogen and oxygen atoms in total. The molecule has 18 heavy (non-hydrogen) atoms. The van der Waals surface area contributed by atoms with Crippen molar-refractivity contribution in [3.8, 4) is 0 Å². The molecule has 0 unspecified atom stereocenters. The summed E-state index contributed by atoms with van der Waals surface area (Å²) in [6.07, 6.45) is 0. The molecule has 0 aromatic heterocycles. The van der Waals surface area contributed by atoms with Crippen molar-refractivity contribution in [2.24, 2.45) is 0 Å². The molecule has 1 aromatic rings. The van der Waals surface area contributed by atoms with Gasteiger partial charge < -0.3 is 9.47 Å². The zero-order valence-electron chi connectivity index (χ0n) is 9.07. The van der Waals surface area contributed by atoms with E-state index in [1.807, 2.05) is 6.07 Å². The molecule has 0 saturated carbocycles. The summed E-state index contributed by atoms with van der Waals surface area (Å²) in [6.45, 7) is -0.542. The Hall–Kier alpha value is -0.970. The van der Waals surface area contributed by atoms with Gasteiger partial charge in [0.05, 0.1) is 0 Å². The Labute approximate surface area is 119 Å². The van der Waals surface area contributed by atoms with Crippen molar-refractivity contribution in [2.45, 2.75) is 10.4 Å². The van der Waals surface area contributed by atoms with E-state index >= 15 is 0 Å². The van der Waals surface area contributed by atoms with Gasteiger partial charge in [0.1, 0.15) is 13.2 Å². The van der Waals surface area contributed by atoms with Crippen LogP contribution in [0.5, 0.6) is 0 Å². The normalized spacial score (nSPS) is 10.8. The highest BCUT2D eigenvalue weighted by Crippen LogP contribution is 2.25. The van der Waals surface area contributed by atoms with Crippen LogP contribution < -0.4 is 0 Å². The molecule has 1 rings (SSSR count).